The lowest BCUT2D eigenvalue weighted by Gasteiger charge is -2.13. The summed E-state index contributed by atoms with van der Waals surface area (Å²) in [6, 6.07) is 3.22. The van der Waals surface area contributed by atoms with Gasteiger partial charge in [-0.2, -0.15) is 18.4 Å². The summed E-state index contributed by atoms with van der Waals surface area (Å²) in [6.45, 7) is -0.224. The maximum atomic E-state index is 12.6. The Kier molecular flexibility index (Phi) is 4.34. The standard InChI is InChI=1S/C11H10F3N3O2/c12-11(13,14)8-3-7(2-1-6(8)4-15)17-5-9(16)10(18)19/h1-3,9,17H,5,16H2,(H,18,19). The van der Waals surface area contributed by atoms with E-state index in [-0.39, 0.29) is 12.2 Å². The van der Waals surface area contributed by atoms with Crippen molar-refractivity contribution in [1.82, 2.24) is 0 Å². The zero-order valence-electron chi connectivity index (χ0n) is 9.53. The Hall–Kier alpha value is -2.27. The molecule has 1 aromatic carbocycles. The van der Waals surface area contributed by atoms with Gasteiger partial charge in [-0.05, 0) is 18.2 Å². The third kappa shape index (κ3) is 3.86. The van der Waals surface area contributed by atoms with Gasteiger partial charge < -0.3 is 16.2 Å². The number of nitrogens with two attached hydrogens (primary N) is 1. The zero-order chi connectivity index (χ0) is 14.6. The molecule has 0 saturated heterocycles. The number of hydrogen-bond donors (Lipinski definition) is 3. The average Bonchev–Trinajstić information content (AvgIpc) is 2.34. The predicted octanol–water partition coefficient (Wildman–Crippen LogP) is 1.40. The maximum absolute atomic E-state index is 12.6. The van der Waals surface area contributed by atoms with Crippen LogP contribution in [0.2, 0.25) is 0 Å². The summed E-state index contributed by atoms with van der Waals surface area (Å²) in [6.07, 6.45) is -4.66. The molecule has 1 unspecified atom stereocenters. The molecule has 4 N–H and O–H groups in total. The van der Waals surface area contributed by atoms with Crippen LogP contribution in [0, 0.1) is 11.3 Å². The molecule has 0 aromatic heterocycles. The molecule has 0 bridgehead atoms. The molecule has 0 heterocycles. The van der Waals surface area contributed by atoms with Crippen LogP contribution in [0.15, 0.2) is 18.2 Å². The van der Waals surface area contributed by atoms with E-state index in [4.69, 9.17) is 16.1 Å². The smallest absolute Gasteiger partial charge is 0.417 e. The van der Waals surface area contributed by atoms with Crippen molar-refractivity contribution in [2.24, 2.45) is 5.73 Å². The molecule has 102 valence electrons. The molecule has 0 aliphatic rings. The van der Waals surface area contributed by atoms with Crippen LogP contribution >= 0.6 is 0 Å². The molecule has 5 nitrogen and oxygen atoms in total. The Bertz CT molecular complexity index is 523. The molecule has 0 aliphatic heterocycles. The van der Waals surface area contributed by atoms with Gasteiger partial charge in [-0.25, -0.2) is 0 Å². The number of nitriles is 1. The fraction of sp³-hybridized carbons (Fsp3) is 0.273. The summed E-state index contributed by atoms with van der Waals surface area (Å²) >= 11 is 0. The highest BCUT2D eigenvalue weighted by atomic mass is 19.4. The highest BCUT2D eigenvalue weighted by Crippen LogP contribution is 2.33. The second-order valence-corrected chi connectivity index (χ2v) is 3.70. The van der Waals surface area contributed by atoms with Crippen LogP contribution in [0.25, 0.3) is 0 Å². The van der Waals surface area contributed by atoms with Gasteiger partial charge in [0, 0.05) is 12.2 Å². The lowest BCUT2D eigenvalue weighted by Crippen LogP contribution is -2.36. The van der Waals surface area contributed by atoms with Gasteiger partial charge in [-0.1, -0.05) is 0 Å². The normalized spacial score (nSPS) is 12.6. The van der Waals surface area contributed by atoms with E-state index in [1.165, 1.54) is 12.1 Å². The first kappa shape index (κ1) is 14.8. The van der Waals surface area contributed by atoms with Crippen molar-refractivity contribution in [1.29, 1.82) is 5.26 Å². The summed E-state index contributed by atoms with van der Waals surface area (Å²) < 4.78 is 37.9. The van der Waals surface area contributed by atoms with Gasteiger partial charge in [-0.3, -0.25) is 4.79 Å². The number of anilines is 1. The topological polar surface area (TPSA) is 99.1 Å². The molecular weight excluding hydrogens is 263 g/mol. The minimum atomic E-state index is -4.66. The number of carbonyl (C=O) groups is 1. The molecule has 0 fully saturated rings. The molecule has 1 rings (SSSR count). The average molecular weight is 273 g/mol. The molecule has 0 saturated carbocycles. The van der Waals surface area contributed by atoms with Crippen LogP contribution in [-0.4, -0.2) is 23.7 Å². The lowest BCUT2D eigenvalue weighted by atomic mass is 10.1. The first-order valence-corrected chi connectivity index (χ1v) is 5.09. The van der Waals surface area contributed by atoms with E-state index >= 15 is 0 Å². The third-order valence-electron chi connectivity index (χ3n) is 2.29. The summed E-state index contributed by atoms with van der Waals surface area (Å²) in [7, 11) is 0. The summed E-state index contributed by atoms with van der Waals surface area (Å²) in [5, 5.41) is 19.6. The van der Waals surface area contributed by atoms with E-state index in [1.54, 1.807) is 0 Å². The maximum Gasteiger partial charge on any atom is 0.417 e. The molecule has 8 heteroatoms. The Balaban J connectivity index is 2.94. The summed E-state index contributed by atoms with van der Waals surface area (Å²) in [4.78, 5) is 10.5. The molecule has 1 atom stereocenters. The van der Waals surface area contributed by atoms with Crippen molar-refractivity contribution >= 4 is 11.7 Å². The summed E-state index contributed by atoms with van der Waals surface area (Å²) in [5.74, 6) is -1.27. The van der Waals surface area contributed by atoms with Gasteiger partial charge in [-0.15, -0.1) is 0 Å². The molecular formula is C11H10F3N3O2. The van der Waals surface area contributed by atoms with Crippen molar-refractivity contribution in [2.45, 2.75) is 12.2 Å². The molecule has 0 spiro atoms. The molecule has 0 radical (unpaired) electrons. The number of benzene rings is 1. The van der Waals surface area contributed by atoms with Crippen molar-refractivity contribution in [3.8, 4) is 6.07 Å². The van der Waals surface area contributed by atoms with Gasteiger partial charge in [0.1, 0.15) is 6.04 Å². The van der Waals surface area contributed by atoms with Crippen molar-refractivity contribution in [3.05, 3.63) is 29.3 Å². The van der Waals surface area contributed by atoms with E-state index in [0.717, 1.165) is 12.1 Å². The van der Waals surface area contributed by atoms with Gasteiger partial charge in [0.05, 0.1) is 17.2 Å². The van der Waals surface area contributed by atoms with Gasteiger partial charge in [0.2, 0.25) is 0 Å². The SMILES string of the molecule is N#Cc1ccc(NCC(N)C(=O)O)cc1C(F)(F)F. The van der Waals surface area contributed by atoms with E-state index in [0.29, 0.717) is 0 Å². The van der Waals surface area contributed by atoms with Gasteiger partial charge >= 0.3 is 12.1 Å². The van der Waals surface area contributed by atoms with Crippen LogP contribution in [0.3, 0.4) is 0 Å². The molecule has 0 aliphatic carbocycles. The largest absolute Gasteiger partial charge is 0.480 e. The van der Waals surface area contributed by atoms with Gasteiger partial charge in [0.15, 0.2) is 0 Å². The monoisotopic (exact) mass is 273 g/mol. The number of rotatable bonds is 4. The van der Waals surface area contributed by atoms with E-state index in [1.807, 2.05) is 0 Å². The number of aliphatic carboxylic acids is 1. The number of hydrogen-bond acceptors (Lipinski definition) is 4. The van der Waals surface area contributed by atoms with E-state index < -0.39 is 29.3 Å². The lowest BCUT2D eigenvalue weighted by molar-refractivity contribution is -0.139. The van der Waals surface area contributed by atoms with E-state index in [9.17, 15) is 18.0 Å². The van der Waals surface area contributed by atoms with Crippen LogP contribution in [-0.2, 0) is 11.0 Å². The Morgan fingerprint density at radius 1 is 1.53 bits per heavy atom. The van der Waals surface area contributed by atoms with Crippen molar-refractivity contribution < 1.29 is 23.1 Å². The molecule has 1 aromatic rings. The zero-order valence-corrected chi connectivity index (χ0v) is 9.53. The summed E-state index contributed by atoms with van der Waals surface area (Å²) in [5.41, 5.74) is 3.67. The number of carboxylic acids is 1. The van der Waals surface area contributed by atoms with Crippen LogP contribution < -0.4 is 11.1 Å². The van der Waals surface area contributed by atoms with Crippen molar-refractivity contribution in [2.75, 3.05) is 11.9 Å². The highest BCUT2D eigenvalue weighted by Gasteiger charge is 2.33. The third-order valence-corrected chi connectivity index (χ3v) is 2.29. The minimum Gasteiger partial charge on any atom is -0.480 e. The fourth-order valence-corrected chi connectivity index (χ4v) is 1.30. The first-order valence-electron chi connectivity index (χ1n) is 5.09. The number of carboxylic acid groups (broad SMARTS) is 1. The number of nitrogens with zero attached hydrogens (tertiary/aromatic N) is 1. The van der Waals surface area contributed by atoms with Crippen molar-refractivity contribution in [3.63, 3.8) is 0 Å². The number of alkyl halides is 3. The molecule has 19 heavy (non-hydrogen) atoms. The van der Waals surface area contributed by atoms with E-state index in [2.05, 4.69) is 5.32 Å². The van der Waals surface area contributed by atoms with Crippen LogP contribution in [0.4, 0.5) is 18.9 Å². The Labute approximate surface area is 106 Å². The Morgan fingerprint density at radius 2 is 2.16 bits per heavy atom. The van der Waals surface area contributed by atoms with Crippen LogP contribution in [0.5, 0.6) is 0 Å². The number of nitrogens with one attached hydrogen (secondary N) is 1. The Morgan fingerprint density at radius 3 is 2.63 bits per heavy atom. The quantitative estimate of drug-likeness (QED) is 0.770. The fourth-order valence-electron chi connectivity index (χ4n) is 1.30. The second kappa shape index (κ2) is 5.58. The number of halogens is 3. The first-order chi connectivity index (χ1) is 8.75. The minimum absolute atomic E-state index is 0.0445. The molecule has 0 amide bonds. The van der Waals surface area contributed by atoms with Crippen LogP contribution in [0.1, 0.15) is 11.1 Å². The predicted molar refractivity (Wildman–Crippen MR) is 60.3 cm³/mol. The highest BCUT2D eigenvalue weighted by molar-refractivity contribution is 5.74. The second-order valence-electron chi connectivity index (χ2n) is 3.70. The van der Waals surface area contributed by atoms with Gasteiger partial charge in [0.25, 0.3) is 0 Å².